The van der Waals surface area contributed by atoms with Crippen molar-refractivity contribution < 1.29 is 18.7 Å². The highest BCUT2D eigenvalue weighted by Crippen LogP contribution is 2.18. The number of rotatable bonds is 3. The van der Waals surface area contributed by atoms with E-state index >= 15 is 0 Å². The van der Waals surface area contributed by atoms with Crippen LogP contribution in [0.5, 0.6) is 0 Å². The number of fused-ring (bicyclic) bond motifs is 1. The van der Waals surface area contributed by atoms with E-state index in [1.807, 2.05) is 0 Å². The van der Waals surface area contributed by atoms with Crippen LogP contribution in [-0.2, 0) is 11.3 Å². The molecule has 144 valence electrons. The molecule has 2 heterocycles. The van der Waals surface area contributed by atoms with Crippen molar-refractivity contribution in [3.63, 3.8) is 0 Å². The predicted octanol–water partition coefficient (Wildman–Crippen LogP) is 3.05. The lowest BCUT2D eigenvalue weighted by molar-refractivity contribution is 0.0519. The maximum atomic E-state index is 12.5. The van der Waals surface area contributed by atoms with Crippen LogP contribution in [0.2, 0.25) is 0 Å². The molecule has 2 aromatic rings. The number of carbonyl (C=O) groups is 2. The topological polar surface area (TPSA) is 88.8 Å². The zero-order valence-electron chi connectivity index (χ0n) is 15.8. The highest BCUT2D eigenvalue weighted by Gasteiger charge is 2.20. The third kappa shape index (κ3) is 4.67. The molecule has 0 bridgehead atoms. The molecule has 7 heteroatoms. The molecule has 1 aromatic carbocycles. The van der Waals surface area contributed by atoms with E-state index < -0.39 is 11.7 Å². The van der Waals surface area contributed by atoms with Crippen LogP contribution in [0.1, 0.15) is 49.7 Å². The Morgan fingerprint density at radius 2 is 1.89 bits per heavy atom. The second kappa shape index (κ2) is 7.42. The van der Waals surface area contributed by atoms with Gasteiger partial charge in [0, 0.05) is 24.7 Å². The van der Waals surface area contributed by atoms with Crippen molar-refractivity contribution in [2.45, 2.75) is 45.8 Å². The maximum absolute atomic E-state index is 12.5. The van der Waals surface area contributed by atoms with E-state index in [0.717, 1.165) is 25.9 Å². The summed E-state index contributed by atoms with van der Waals surface area (Å²) in [5.74, 6) is 0.251. The third-order valence-corrected chi connectivity index (χ3v) is 4.22. The largest absolute Gasteiger partial charge is 0.459 e. The summed E-state index contributed by atoms with van der Waals surface area (Å²) < 4.78 is 10.8. The lowest BCUT2D eigenvalue weighted by atomic mass is 10.1. The molecule has 0 atom stereocenters. The second-order valence-corrected chi connectivity index (χ2v) is 7.64. The molecule has 27 heavy (non-hydrogen) atoms. The molecule has 1 saturated heterocycles. The molecule has 0 radical (unpaired) electrons. The van der Waals surface area contributed by atoms with Crippen LogP contribution in [0, 0.1) is 0 Å². The first kappa shape index (κ1) is 18.9. The molecule has 1 N–H and O–H groups in total. The Bertz CT molecular complexity index is 920. The molecule has 0 aliphatic carbocycles. The van der Waals surface area contributed by atoms with Crippen molar-refractivity contribution in [1.82, 2.24) is 10.2 Å². The van der Waals surface area contributed by atoms with Gasteiger partial charge in [-0.05, 0) is 51.8 Å². The molecule has 0 saturated carbocycles. The molecule has 7 nitrogen and oxygen atoms in total. The maximum Gasteiger partial charge on any atom is 0.408 e. The quantitative estimate of drug-likeness (QED) is 0.894. The number of carbonyl (C=O) groups excluding carboxylic acids is 2. The van der Waals surface area contributed by atoms with Gasteiger partial charge in [0.2, 0.25) is 0 Å². The number of hydrogen-bond donors (Lipinski definition) is 1. The fraction of sp³-hybridized carbons (Fsp3) is 0.450. The van der Waals surface area contributed by atoms with Gasteiger partial charge in [-0.25, -0.2) is 4.79 Å². The fourth-order valence-electron chi connectivity index (χ4n) is 3.00. The van der Waals surface area contributed by atoms with Crippen LogP contribution < -0.4 is 10.7 Å². The number of hydrogen-bond acceptors (Lipinski definition) is 5. The fourth-order valence-corrected chi connectivity index (χ4v) is 3.00. The van der Waals surface area contributed by atoms with E-state index in [2.05, 4.69) is 5.32 Å². The van der Waals surface area contributed by atoms with Crippen molar-refractivity contribution in [3.05, 3.63) is 45.8 Å². The molecule has 0 unspecified atom stereocenters. The minimum absolute atomic E-state index is 0.0363. The molecule has 1 aromatic heterocycles. The van der Waals surface area contributed by atoms with Gasteiger partial charge < -0.3 is 19.4 Å². The Labute approximate surface area is 157 Å². The highest BCUT2D eigenvalue weighted by atomic mass is 16.6. The Kier molecular flexibility index (Phi) is 5.21. The summed E-state index contributed by atoms with van der Waals surface area (Å²) in [4.78, 5) is 38.5. The van der Waals surface area contributed by atoms with Crippen molar-refractivity contribution in [1.29, 1.82) is 0 Å². The first-order chi connectivity index (χ1) is 12.7. The number of nitrogens with one attached hydrogen (secondary N) is 1. The standard InChI is InChI=1S/C20H24N2O5/c1-20(2,3)27-19(25)21-12-14-11-16(23)15-10-13(6-7-17(15)26-14)18(24)22-8-4-5-9-22/h6-7,10-11H,4-5,8-9,12H2,1-3H3,(H,21,25). The minimum Gasteiger partial charge on any atom is -0.459 e. The molecule has 1 aliphatic heterocycles. The first-order valence-electron chi connectivity index (χ1n) is 9.06. The van der Waals surface area contributed by atoms with Crippen LogP contribution in [0.25, 0.3) is 11.0 Å². The van der Waals surface area contributed by atoms with Crippen LogP contribution >= 0.6 is 0 Å². The van der Waals surface area contributed by atoms with E-state index in [1.54, 1.807) is 43.9 Å². The van der Waals surface area contributed by atoms with E-state index in [1.165, 1.54) is 6.07 Å². The van der Waals surface area contributed by atoms with Crippen molar-refractivity contribution in [2.75, 3.05) is 13.1 Å². The van der Waals surface area contributed by atoms with E-state index in [9.17, 15) is 14.4 Å². The molecular weight excluding hydrogens is 348 g/mol. The third-order valence-electron chi connectivity index (χ3n) is 4.22. The summed E-state index contributed by atoms with van der Waals surface area (Å²) in [6.07, 6.45) is 1.43. The monoisotopic (exact) mass is 372 g/mol. The van der Waals surface area contributed by atoms with Crippen LogP contribution in [-0.4, -0.2) is 35.6 Å². The van der Waals surface area contributed by atoms with Gasteiger partial charge >= 0.3 is 6.09 Å². The lowest BCUT2D eigenvalue weighted by Crippen LogP contribution is -2.32. The zero-order valence-corrected chi connectivity index (χ0v) is 15.8. The van der Waals surface area contributed by atoms with Crippen LogP contribution in [0.3, 0.4) is 0 Å². The molecule has 1 fully saturated rings. The molecule has 1 aliphatic rings. The number of nitrogens with zero attached hydrogens (tertiary/aromatic N) is 1. The van der Waals surface area contributed by atoms with Gasteiger partial charge in [0.1, 0.15) is 16.9 Å². The van der Waals surface area contributed by atoms with Gasteiger partial charge in [-0.2, -0.15) is 0 Å². The van der Waals surface area contributed by atoms with Gasteiger partial charge in [0.05, 0.1) is 11.9 Å². The smallest absolute Gasteiger partial charge is 0.408 e. The predicted molar refractivity (Wildman–Crippen MR) is 101 cm³/mol. The number of ether oxygens (including phenoxy) is 1. The number of amides is 2. The molecular formula is C20H24N2O5. The number of benzene rings is 1. The van der Waals surface area contributed by atoms with E-state index in [4.69, 9.17) is 9.15 Å². The summed E-state index contributed by atoms with van der Waals surface area (Å²) in [5, 5.41) is 2.91. The zero-order chi connectivity index (χ0) is 19.6. The first-order valence-corrected chi connectivity index (χ1v) is 9.06. The normalized spacial score (nSPS) is 14.4. The van der Waals surface area contributed by atoms with Gasteiger partial charge in [-0.1, -0.05) is 0 Å². The summed E-state index contributed by atoms with van der Waals surface area (Å²) in [6, 6.07) is 6.19. The van der Waals surface area contributed by atoms with Gasteiger partial charge in [-0.15, -0.1) is 0 Å². The van der Waals surface area contributed by atoms with Crippen molar-refractivity contribution in [3.8, 4) is 0 Å². The Balaban J connectivity index is 1.77. The van der Waals surface area contributed by atoms with Gasteiger partial charge in [0.15, 0.2) is 5.43 Å². The molecule has 2 amide bonds. The number of likely N-dealkylation sites (tertiary alicyclic amines) is 1. The summed E-state index contributed by atoms with van der Waals surface area (Å²) in [5.41, 5.74) is -0.00171. The Morgan fingerprint density at radius 1 is 1.19 bits per heavy atom. The number of alkyl carbamates (subject to hydrolysis) is 1. The minimum atomic E-state index is -0.605. The van der Waals surface area contributed by atoms with Crippen molar-refractivity contribution >= 4 is 23.0 Å². The molecule has 3 rings (SSSR count). The lowest BCUT2D eigenvalue weighted by Gasteiger charge is -2.19. The average molecular weight is 372 g/mol. The van der Waals surface area contributed by atoms with Crippen LogP contribution in [0.4, 0.5) is 4.79 Å². The Hall–Kier alpha value is -2.83. The van der Waals surface area contributed by atoms with Gasteiger partial charge in [-0.3, -0.25) is 9.59 Å². The average Bonchev–Trinajstić information content (AvgIpc) is 3.12. The second-order valence-electron chi connectivity index (χ2n) is 7.64. The van der Waals surface area contributed by atoms with Gasteiger partial charge in [0.25, 0.3) is 5.91 Å². The SMILES string of the molecule is CC(C)(C)OC(=O)NCc1cc(=O)c2cc(C(=O)N3CCCC3)ccc2o1. The molecule has 0 spiro atoms. The van der Waals surface area contributed by atoms with Crippen molar-refractivity contribution in [2.24, 2.45) is 0 Å². The summed E-state index contributed by atoms with van der Waals surface area (Å²) in [6.45, 7) is 6.84. The van der Waals surface area contributed by atoms with E-state index in [0.29, 0.717) is 22.3 Å². The summed E-state index contributed by atoms with van der Waals surface area (Å²) in [7, 11) is 0. The van der Waals surface area contributed by atoms with E-state index in [-0.39, 0.29) is 17.9 Å². The highest BCUT2D eigenvalue weighted by molar-refractivity contribution is 5.97. The Morgan fingerprint density at radius 3 is 2.56 bits per heavy atom. The summed E-state index contributed by atoms with van der Waals surface area (Å²) >= 11 is 0. The van der Waals surface area contributed by atoms with Crippen LogP contribution in [0.15, 0.2) is 33.5 Å².